The number of carbonyl (C=O) groups excluding carboxylic acids is 1. The van der Waals surface area contributed by atoms with E-state index in [1.807, 2.05) is 0 Å². The number of carbonyl (C=O) groups is 2. The molecule has 0 heterocycles. The molecule has 1 aromatic rings. The highest BCUT2D eigenvalue weighted by Crippen LogP contribution is 2.26. The molecule has 0 atom stereocenters. The van der Waals surface area contributed by atoms with Gasteiger partial charge in [-0.2, -0.15) is 0 Å². The number of amides is 2. The van der Waals surface area contributed by atoms with Gasteiger partial charge in [-0.05, 0) is 26.3 Å². The van der Waals surface area contributed by atoms with Crippen molar-refractivity contribution in [2.24, 2.45) is 0 Å². The molecular formula is C13H15ClF2N2O3. The molecule has 0 aliphatic rings. The van der Waals surface area contributed by atoms with Gasteiger partial charge in [0.05, 0.1) is 10.7 Å². The Morgan fingerprint density at radius 3 is 2.48 bits per heavy atom. The lowest BCUT2D eigenvalue weighted by Gasteiger charge is -2.25. The summed E-state index contributed by atoms with van der Waals surface area (Å²) in [5.41, 5.74) is -1.16. The highest BCUT2D eigenvalue weighted by atomic mass is 35.5. The fourth-order valence-electron chi connectivity index (χ4n) is 1.60. The van der Waals surface area contributed by atoms with E-state index in [2.05, 4.69) is 10.6 Å². The van der Waals surface area contributed by atoms with E-state index in [0.29, 0.717) is 6.07 Å². The second kappa shape index (κ2) is 6.71. The van der Waals surface area contributed by atoms with Crippen molar-refractivity contribution < 1.29 is 23.5 Å². The maximum Gasteiger partial charge on any atom is 0.319 e. The smallest absolute Gasteiger partial charge is 0.319 e. The molecule has 3 N–H and O–H groups in total. The Balaban J connectivity index is 2.72. The average Bonchev–Trinajstić information content (AvgIpc) is 2.31. The van der Waals surface area contributed by atoms with E-state index in [1.165, 1.54) is 0 Å². The second-order valence-corrected chi connectivity index (χ2v) is 5.51. The first-order chi connectivity index (χ1) is 9.60. The Hall–Kier alpha value is -1.89. The van der Waals surface area contributed by atoms with E-state index in [-0.39, 0.29) is 23.6 Å². The van der Waals surface area contributed by atoms with E-state index in [4.69, 9.17) is 16.7 Å². The number of rotatable bonds is 5. The molecule has 1 rings (SSSR count). The zero-order valence-electron chi connectivity index (χ0n) is 11.5. The van der Waals surface area contributed by atoms with E-state index in [1.54, 1.807) is 13.8 Å². The van der Waals surface area contributed by atoms with Crippen LogP contribution in [0.25, 0.3) is 0 Å². The van der Waals surface area contributed by atoms with Crippen molar-refractivity contribution in [1.82, 2.24) is 5.32 Å². The van der Waals surface area contributed by atoms with Gasteiger partial charge in [0.1, 0.15) is 5.82 Å². The summed E-state index contributed by atoms with van der Waals surface area (Å²) in [5.74, 6) is -2.85. The van der Waals surface area contributed by atoms with Gasteiger partial charge < -0.3 is 15.7 Å². The van der Waals surface area contributed by atoms with Gasteiger partial charge in [0.2, 0.25) is 0 Å². The minimum atomic E-state index is -1.00. The van der Waals surface area contributed by atoms with Crippen LogP contribution in [0.1, 0.15) is 26.7 Å². The van der Waals surface area contributed by atoms with Crippen LogP contribution in [-0.4, -0.2) is 22.6 Å². The molecular weight excluding hydrogens is 306 g/mol. The number of urea groups is 1. The van der Waals surface area contributed by atoms with E-state index in [0.717, 1.165) is 6.07 Å². The minimum Gasteiger partial charge on any atom is -0.481 e. The molecule has 0 bridgehead atoms. The van der Waals surface area contributed by atoms with Crippen molar-refractivity contribution in [2.45, 2.75) is 32.2 Å². The quantitative estimate of drug-likeness (QED) is 0.778. The number of hydrogen-bond acceptors (Lipinski definition) is 2. The van der Waals surface area contributed by atoms with Crippen LogP contribution in [0.2, 0.25) is 5.02 Å². The van der Waals surface area contributed by atoms with Crippen LogP contribution in [-0.2, 0) is 4.79 Å². The summed E-state index contributed by atoms with van der Waals surface area (Å²) in [7, 11) is 0. The summed E-state index contributed by atoms with van der Waals surface area (Å²) < 4.78 is 26.4. The maximum absolute atomic E-state index is 13.5. The van der Waals surface area contributed by atoms with E-state index < -0.39 is 29.2 Å². The molecule has 0 aromatic heterocycles. The van der Waals surface area contributed by atoms with Gasteiger partial charge >= 0.3 is 12.0 Å². The van der Waals surface area contributed by atoms with Crippen LogP contribution in [0.3, 0.4) is 0 Å². The molecule has 2 amide bonds. The number of aliphatic carboxylic acids is 1. The first kappa shape index (κ1) is 17.2. The first-order valence-corrected chi connectivity index (χ1v) is 6.44. The molecule has 0 radical (unpaired) electrons. The monoisotopic (exact) mass is 320 g/mol. The van der Waals surface area contributed by atoms with Crippen molar-refractivity contribution >= 4 is 29.3 Å². The van der Waals surface area contributed by atoms with Crippen LogP contribution in [0, 0.1) is 11.6 Å². The Morgan fingerprint density at radius 2 is 1.95 bits per heavy atom. The highest BCUT2D eigenvalue weighted by Gasteiger charge is 2.22. The van der Waals surface area contributed by atoms with Crippen molar-refractivity contribution in [2.75, 3.05) is 5.32 Å². The van der Waals surface area contributed by atoms with Gasteiger partial charge in [0.25, 0.3) is 0 Å². The van der Waals surface area contributed by atoms with Gasteiger partial charge in [-0.3, -0.25) is 4.79 Å². The van der Waals surface area contributed by atoms with Crippen LogP contribution in [0.4, 0.5) is 19.3 Å². The molecule has 0 aliphatic heterocycles. The van der Waals surface area contributed by atoms with Crippen molar-refractivity contribution in [3.63, 3.8) is 0 Å². The normalized spacial score (nSPS) is 11.1. The zero-order chi connectivity index (χ0) is 16.2. The molecule has 0 saturated heterocycles. The SMILES string of the molecule is CC(C)(CCC(=O)O)NC(=O)Nc1c(F)cc(F)cc1Cl. The molecule has 116 valence electrons. The molecule has 0 spiro atoms. The molecule has 0 aliphatic carbocycles. The van der Waals surface area contributed by atoms with Crippen molar-refractivity contribution in [3.05, 3.63) is 28.8 Å². The summed E-state index contributed by atoms with van der Waals surface area (Å²) in [6.07, 6.45) is 0.0638. The average molecular weight is 321 g/mol. The van der Waals surface area contributed by atoms with Gasteiger partial charge in [0, 0.05) is 18.0 Å². The number of anilines is 1. The van der Waals surface area contributed by atoms with Crippen LogP contribution < -0.4 is 10.6 Å². The molecule has 8 heteroatoms. The first-order valence-electron chi connectivity index (χ1n) is 6.06. The summed E-state index contributed by atoms with van der Waals surface area (Å²) in [4.78, 5) is 22.3. The van der Waals surface area contributed by atoms with Crippen molar-refractivity contribution in [1.29, 1.82) is 0 Å². The number of halogens is 3. The number of nitrogens with one attached hydrogen (secondary N) is 2. The summed E-state index contributed by atoms with van der Waals surface area (Å²) >= 11 is 5.65. The predicted octanol–water partition coefficient (Wildman–Crippen LogP) is 3.38. The minimum absolute atomic E-state index is 0.126. The van der Waals surface area contributed by atoms with Crippen LogP contribution in [0.5, 0.6) is 0 Å². The topological polar surface area (TPSA) is 78.4 Å². The molecule has 1 aromatic carbocycles. The van der Waals surface area contributed by atoms with E-state index in [9.17, 15) is 18.4 Å². The molecule has 0 fully saturated rings. The zero-order valence-corrected chi connectivity index (χ0v) is 12.2. The second-order valence-electron chi connectivity index (χ2n) is 5.10. The Morgan fingerprint density at radius 1 is 1.33 bits per heavy atom. The fraction of sp³-hybridized carbons (Fsp3) is 0.385. The van der Waals surface area contributed by atoms with E-state index >= 15 is 0 Å². The van der Waals surface area contributed by atoms with Gasteiger partial charge in [-0.25, -0.2) is 13.6 Å². The number of hydrogen-bond donors (Lipinski definition) is 3. The Bertz CT molecular complexity index is 541. The van der Waals surface area contributed by atoms with Crippen LogP contribution in [0.15, 0.2) is 12.1 Å². The Labute approximate surface area is 125 Å². The maximum atomic E-state index is 13.5. The third-order valence-electron chi connectivity index (χ3n) is 2.66. The summed E-state index contributed by atoms with van der Waals surface area (Å²) in [6, 6.07) is 0.699. The largest absolute Gasteiger partial charge is 0.481 e. The molecule has 21 heavy (non-hydrogen) atoms. The third kappa shape index (κ3) is 5.55. The number of benzene rings is 1. The fourth-order valence-corrected chi connectivity index (χ4v) is 1.84. The standard InChI is InChI=1S/C13H15ClF2N2O3/c1-13(2,4-3-10(19)20)18-12(21)17-11-8(14)5-7(15)6-9(11)16/h5-6H,3-4H2,1-2H3,(H,19,20)(H2,17,18,21). The van der Waals surface area contributed by atoms with Gasteiger partial charge in [0.15, 0.2) is 5.82 Å². The number of carboxylic acid groups (broad SMARTS) is 1. The summed E-state index contributed by atoms with van der Waals surface area (Å²) in [6.45, 7) is 3.25. The third-order valence-corrected chi connectivity index (χ3v) is 2.96. The lowest BCUT2D eigenvalue weighted by atomic mass is 9.99. The molecule has 0 saturated carbocycles. The predicted molar refractivity (Wildman–Crippen MR) is 74.5 cm³/mol. The molecule has 5 nitrogen and oxygen atoms in total. The van der Waals surface area contributed by atoms with Crippen molar-refractivity contribution in [3.8, 4) is 0 Å². The lowest BCUT2D eigenvalue weighted by Crippen LogP contribution is -2.46. The Kier molecular flexibility index (Phi) is 5.48. The number of carboxylic acids is 1. The summed E-state index contributed by atoms with van der Waals surface area (Å²) in [5, 5.41) is 13.0. The highest BCUT2D eigenvalue weighted by molar-refractivity contribution is 6.33. The van der Waals surface area contributed by atoms with Gasteiger partial charge in [-0.1, -0.05) is 11.6 Å². The molecule has 0 unspecified atom stereocenters. The van der Waals surface area contributed by atoms with Gasteiger partial charge in [-0.15, -0.1) is 0 Å². The van der Waals surface area contributed by atoms with Crippen LogP contribution >= 0.6 is 11.6 Å². The lowest BCUT2D eigenvalue weighted by molar-refractivity contribution is -0.137.